The van der Waals surface area contributed by atoms with Gasteiger partial charge in [0.25, 0.3) is 5.79 Å². The predicted octanol–water partition coefficient (Wildman–Crippen LogP) is 1.50. The first-order valence-electron chi connectivity index (χ1n) is 10.6. The number of nitrogens with zero attached hydrogens (tertiary/aromatic N) is 1. The summed E-state index contributed by atoms with van der Waals surface area (Å²) >= 11 is 0. The minimum absolute atomic E-state index is 0.383. The van der Waals surface area contributed by atoms with Crippen molar-refractivity contribution in [1.82, 2.24) is 4.90 Å². The quantitative estimate of drug-likeness (QED) is 0.304. The van der Waals surface area contributed by atoms with Gasteiger partial charge >= 0.3 is 23.9 Å². The van der Waals surface area contributed by atoms with E-state index in [0.717, 1.165) is 0 Å². The summed E-state index contributed by atoms with van der Waals surface area (Å²) < 4.78 is 11.9. The number of ether oxygens (including phenoxy) is 2. The molecule has 1 atom stereocenters. The lowest BCUT2D eigenvalue weighted by atomic mass is 9.84. The fourth-order valence-electron chi connectivity index (χ4n) is 4.02. The van der Waals surface area contributed by atoms with Gasteiger partial charge in [-0.1, -0.05) is 32.9 Å². The van der Waals surface area contributed by atoms with Gasteiger partial charge in [-0.2, -0.15) is 0 Å². The zero-order valence-corrected chi connectivity index (χ0v) is 19.5. The van der Waals surface area contributed by atoms with Crippen molar-refractivity contribution in [2.24, 2.45) is 0 Å². The number of hydrogen-bond donors (Lipinski definition) is 5. The van der Waals surface area contributed by atoms with Crippen LogP contribution >= 0.6 is 0 Å². The third-order valence-corrected chi connectivity index (χ3v) is 5.66. The average Bonchev–Trinajstić information content (AvgIpc) is 3.07. The Bertz CT molecular complexity index is 871. The van der Waals surface area contributed by atoms with E-state index >= 15 is 0 Å². The lowest BCUT2D eigenvalue weighted by Crippen LogP contribution is -2.70. The number of carbonyl (C=O) groups is 4. The van der Waals surface area contributed by atoms with E-state index in [-0.39, 0.29) is 0 Å². The molecule has 34 heavy (non-hydrogen) atoms. The summed E-state index contributed by atoms with van der Waals surface area (Å²) in [5.74, 6) is -6.03. The van der Waals surface area contributed by atoms with Gasteiger partial charge in [0.1, 0.15) is 0 Å². The molecule has 0 fully saturated rings. The Kier molecular flexibility index (Phi) is 9.41. The number of aliphatic carboxylic acids is 4. The Morgan fingerprint density at radius 2 is 1.26 bits per heavy atom. The van der Waals surface area contributed by atoms with Gasteiger partial charge in [-0.05, 0) is 31.6 Å². The van der Waals surface area contributed by atoms with Crippen LogP contribution in [0.1, 0.15) is 47.0 Å². The second-order valence-electron chi connectivity index (χ2n) is 7.77. The van der Waals surface area contributed by atoms with Crippen molar-refractivity contribution in [2.45, 2.75) is 63.9 Å². The number of benzene rings is 1. The fraction of sp³-hybridized carbons (Fsp3) is 0.545. The van der Waals surface area contributed by atoms with Crippen molar-refractivity contribution >= 4 is 23.9 Å². The lowest BCUT2D eigenvalue weighted by Gasteiger charge is -2.46. The summed E-state index contributed by atoms with van der Waals surface area (Å²) in [4.78, 5) is 44.5. The van der Waals surface area contributed by atoms with E-state index in [2.05, 4.69) is 0 Å². The minimum Gasteiger partial charge on any atom is -0.481 e. The van der Waals surface area contributed by atoms with Crippen molar-refractivity contribution < 1.29 is 54.2 Å². The summed E-state index contributed by atoms with van der Waals surface area (Å²) in [7, 11) is 0. The molecule has 1 aromatic carbocycles. The van der Waals surface area contributed by atoms with Gasteiger partial charge in [-0.3, -0.25) is 14.5 Å². The highest BCUT2D eigenvalue weighted by Gasteiger charge is 2.62. The number of carboxylic acid groups (broad SMARTS) is 4. The zero-order valence-electron chi connectivity index (χ0n) is 19.5. The molecule has 190 valence electrons. The Morgan fingerprint density at radius 3 is 1.53 bits per heavy atom. The van der Waals surface area contributed by atoms with Crippen LogP contribution in [0.15, 0.2) is 24.3 Å². The van der Waals surface area contributed by atoms with Gasteiger partial charge in [0.2, 0.25) is 0 Å². The maximum absolute atomic E-state index is 12.2. The first-order chi connectivity index (χ1) is 15.7. The standard InChI is InChI=1S/C16H23NO4.C6H8O7/c1-5-16(14(18)19,17(6-2)7-3)15(4)20-12-10-8-9-11-13(12)21-15;7-3(8)1-6(13,5(11)12)2-4(9)10/h8-11H,5-7H2,1-4H3,(H,18,19);13H,1-2H2,(H,7,8)(H,9,10)(H,11,12). The maximum Gasteiger partial charge on any atom is 0.336 e. The van der Waals surface area contributed by atoms with Crippen LogP contribution in [0.4, 0.5) is 0 Å². The first kappa shape index (κ1) is 28.7. The number of likely N-dealkylation sites (N-methyl/N-ethyl adjacent to an activating group) is 1. The predicted molar refractivity (Wildman–Crippen MR) is 117 cm³/mol. The van der Waals surface area contributed by atoms with Gasteiger partial charge in [0.15, 0.2) is 22.6 Å². The zero-order chi connectivity index (χ0) is 26.3. The van der Waals surface area contributed by atoms with Crippen LogP contribution in [0.3, 0.4) is 0 Å². The molecule has 12 nitrogen and oxygen atoms in total. The molecule has 1 aliphatic rings. The molecule has 12 heteroatoms. The smallest absolute Gasteiger partial charge is 0.336 e. The molecule has 0 aromatic heterocycles. The minimum atomic E-state index is -2.74. The number of fused-ring (bicyclic) bond motifs is 1. The lowest BCUT2D eigenvalue weighted by molar-refractivity contribution is -0.203. The van der Waals surface area contributed by atoms with Crippen LogP contribution in [0.25, 0.3) is 0 Å². The topological polar surface area (TPSA) is 191 Å². The molecule has 1 aromatic rings. The van der Waals surface area contributed by atoms with E-state index in [1.54, 1.807) is 19.1 Å². The molecule has 1 unspecified atom stereocenters. The van der Waals surface area contributed by atoms with Gasteiger partial charge in [-0.15, -0.1) is 0 Å². The molecule has 0 amide bonds. The van der Waals surface area contributed by atoms with Crippen molar-refractivity contribution in [3.05, 3.63) is 24.3 Å². The van der Waals surface area contributed by atoms with Crippen LogP contribution in [0.5, 0.6) is 11.5 Å². The first-order valence-corrected chi connectivity index (χ1v) is 10.6. The van der Waals surface area contributed by atoms with Crippen molar-refractivity contribution in [3.8, 4) is 11.5 Å². The highest BCUT2D eigenvalue weighted by Crippen LogP contribution is 2.46. The van der Waals surface area contributed by atoms with E-state index < -0.39 is 53.6 Å². The number of rotatable bonds is 11. The molecule has 0 spiro atoms. The third-order valence-electron chi connectivity index (χ3n) is 5.66. The molecule has 2 rings (SSSR count). The van der Waals surface area contributed by atoms with Crippen molar-refractivity contribution in [3.63, 3.8) is 0 Å². The Labute approximate surface area is 196 Å². The number of aliphatic hydroxyl groups is 1. The Hall–Kier alpha value is -3.38. The van der Waals surface area contributed by atoms with E-state index in [1.807, 2.05) is 37.8 Å². The summed E-state index contributed by atoms with van der Waals surface area (Å²) in [5, 5.41) is 43.8. The fourth-order valence-corrected chi connectivity index (χ4v) is 4.02. The van der Waals surface area contributed by atoms with E-state index in [0.29, 0.717) is 31.0 Å². The molecular formula is C22H31NO11. The van der Waals surface area contributed by atoms with Gasteiger partial charge in [0.05, 0.1) is 12.8 Å². The van der Waals surface area contributed by atoms with Crippen LogP contribution in [-0.4, -0.2) is 84.3 Å². The second-order valence-corrected chi connectivity index (χ2v) is 7.77. The van der Waals surface area contributed by atoms with Crippen molar-refractivity contribution in [1.29, 1.82) is 0 Å². The molecule has 1 heterocycles. The molecule has 0 saturated carbocycles. The molecule has 0 saturated heterocycles. The molecule has 0 bridgehead atoms. The van der Waals surface area contributed by atoms with E-state index in [4.69, 9.17) is 29.9 Å². The van der Waals surface area contributed by atoms with Gasteiger partial charge in [0, 0.05) is 6.92 Å². The van der Waals surface area contributed by atoms with E-state index in [9.17, 15) is 24.3 Å². The van der Waals surface area contributed by atoms with Crippen LogP contribution in [-0.2, 0) is 19.2 Å². The summed E-state index contributed by atoms with van der Waals surface area (Å²) in [6.45, 7) is 8.67. The number of hydrogen-bond acceptors (Lipinski definition) is 8. The molecular weight excluding hydrogens is 454 g/mol. The molecule has 5 N–H and O–H groups in total. The maximum atomic E-state index is 12.2. The molecule has 0 aliphatic carbocycles. The number of carboxylic acids is 4. The number of para-hydroxylation sites is 2. The largest absolute Gasteiger partial charge is 0.481 e. The third kappa shape index (κ3) is 5.75. The Morgan fingerprint density at radius 1 is 0.853 bits per heavy atom. The monoisotopic (exact) mass is 485 g/mol. The summed E-state index contributed by atoms with van der Waals surface area (Å²) in [6.07, 6.45) is -1.90. The van der Waals surface area contributed by atoms with Crippen LogP contribution < -0.4 is 9.47 Å². The molecule has 1 aliphatic heterocycles. The average molecular weight is 485 g/mol. The second kappa shape index (κ2) is 11.2. The highest BCUT2D eigenvalue weighted by atomic mass is 16.7. The Balaban J connectivity index is 0.000000385. The summed E-state index contributed by atoms with van der Waals surface area (Å²) in [5.41, 5.74) is -3.98. The van der Waals surface area contributed by atoms with Crippen LogP contribution in [0.2, 0.25) is 0 Å². The van der Waals surface area contributed by atoms with Gasteiger partial charge < -0.3 is 35.0 Å². The normalized spacial score (nSPS) is 15.6. The SMILES string of the molecule is CCN(CC)C(CC)(C(=O)O)C1(C)Oc2ccccc2O1.O=C(O)CC(O)(CC(=O)O)C(=O)O. The molecule has 0 radical (unpaired) electrons. The van der Waals surface area contributed by atoms with E-state index in [1.165, 1.54) is 0 Å². The van der Waals surface area contributed by atoms with Crippen molar-refractivity contribution in [2.75, 3.05) is 13.1 Å². The summed E-state index contributed by atoms with van der Waals surface area (Å²) in [6, 6.07) is 7.29. The highest BCUT2D eigenvalue weighted by molar-refractivity contribution is 5.88. The van der Waals surface area contributed by atoms with Gasteiger partial charge in [-0.25, -0.2) is 9.59 Å². The van der Waals surface area contributed by atoms with Crippen LogP contribution in [0, 0.1) is 0 Å².